The van der Waals surface area contributed by atoms with Crippen LogP contribution in [-0.2, 0) is 4.79 Å². The number of anilines is 1. The predicted molar refractivity (Wildman–Crippen MR) is 109 cm³/mol. The van der Waals surface area contributed by atoms with Gasteiger partial charge in [-0.3, -0.25) is 4.79 Å². The third-order valence-corrected chi connectivity index (χ3v) is 4.68. The molecule has 0 unspecified atom stereocenters. The number of allylic oxidation sites excluding steroid dienone is 2. The van der Waals surface area contributed by atoms with Crippen molar-refractivity contribution in [2.24, 2.45) is 0 Å². The summed E-state index contributed by atoms with van der Waals surface area (Å²) in [5.41, 5.74) is 5.05. The molecule has 1 fully saturated rings. The lowest BCUT2D eigenvalue weighted by Crippen LogP contribution is -2.12. The Kier molecular flexibility index (Phi) is 5.57. The highest BCUT2D eigenvalue weighted by Crippen LogP contribution is 2.28. The Morgan fingerprint density at radius 3 is 1.81 bits per heavy atom. The number of hydrogen-bond donors (Lipinski definition) is 0. The van der Waals surface area contributed by atoms with E-state index < -0.39 is 0 Å². The van der Waals surface area contributed by atoms with Crippen LogP contribution in [0.15, 0.2) is 59.7 Å². The summed E-state index contributed by atoms with van der Waals surface area (Å²) in [6.07, 6.45) is 6.72. The molecule has 1 aliphatic carbocycles. The first-order valence-electron chi connectivity index (χ1n) is 8.94. The SMILES string of the molecule is COc1ccc(C=C2CCC/C(=C\c3ccc(N(C)C)cc3)C2=O)cc1. The molecular formula is C23H25NO2. The fourth-order valence-electron chi connectivity index (χ4n) is 3.15. The van der Waals surface area contributed by atoms with Crippen molar-refractivity contribution >= 4 is 23.6 Å². The molecule has 26 heavy (non-hydrogen) atoms. The second-order valence-electron chi connectivity index (χ2n) is 6.78. The lowest BCUT2D eigenvalue weighted by molar-refractivity contribution is -0.112. The van der Waals surface area contributed by atoms with E-state index >= 15 is 0 Å². The van der Waals surface area contributed by atoms with Crippen molar-refractivity contribution in [2.45, 2.75) is 19.3 Å². The maximum atomic E-state index is 12.9. The number of hydrogen-bond acceptors (Lipinski definition) is 3. The van der Waals surface area contributed by atoms with Crippen LogP contribution in [0.1, 0.15) is 30.4 Å². The topological polar surface area (TPSA) is 29.5 Å². The Labute approximate surface area is 155 Å². The minimum atomic E-state index is 0.170. The van der Waals surface area contributed by atoms with Crippen molar-refractivity contribution in [1.29, 1.82) is 0 Å². The third kappa shape index (κ3) is 4.23. The molecule has 0 aliphatic heterocycles. The molecule has 0 saturated heterocycles. The average molecular weight is 347 g/mol. The van der Waals surface area contributed by atoms with Gasteiger partial charge in [-0.1, -0.05) is 24.3 Å². The number of benzene rings is 2. The highest BCUT2D eigenvalue weighted by molar-refractivity contribution is 6.13. The summed E-state index contributed by atoms with van der Waals surface area (Å²) in [6, 6.07) is 16.1. The van der Waals surface area contributed by atoms with Crippen LogP contribution < -0.4 is 9.64 Å². The van der Waals surface area contributed by atoms with E-state index in [4.69, 9.17) is 4.74 Å². The molecule has 0 radical (unpaired) electrons. The van der Waals surface area contributed by atoms with Crippen molar-refractivity contribution in [1.82, 2.24) is 0 Å². The minimum Gasteiger partial charge on any atom is -0.497 e. The highest BCUT2D eigenvalue weighted by Gasteiger charge is 2.20. The van der Waals surface area contributed by atoms with Gasteiger partial charge in [0, 0.05) is 30.9 Å². The Hall–Kier alpha value is -2.81. The number of carbonyl (C=O) groups is 1. The molecule has 0 amide bonds. The van der Waals surface area contributed by atoms with Crippen molar-refractivity contribution in [3.05, 3.63) is 70.8 Å². The Balaban J connectivity index is 1.81. The summed E-state index contributed by atoms with van der Waals surface area (Å²) in [5.74, 6) is 0.993. The van der Waals surface area contributed by atoms with E-state index in [9.17, 15) is 4.79 Å². The Morgan fingerprint density at radius 1 is 0.846 bits per heavy atom. The summed E-state index contributed by atoms with van der Waals surface area (Å²) in [5, 5.41) is 0. The fourth-order valence-corrected chi connectivity index (χ4v) is 3.15. The van der Waals surface area contributed by atoms with Gasteiger partial charge in [0.2, 0.25) is 0 Å². The van der Waals surface area contributed by atoms with E-state index in [1.54, 1.807) is 7.11 Å². The molecule has 1 saturated carbocycles. The van der Waals surface area contributed by atoms with Gasteiger partial charge in [-0.25, -0.2) is 0 Å². The molecule has 0 spiro atoms. The van der Waals surface area contributed by atoms with E-state index in [0.29, 0.717) is 0 Å². The number of methoxy groups -OCH3 is 1. The number of rotatable bonds is 4. The lowest BCUT2D eigenvalue weighted by atomic mass is 9.87. The molecule has 0 atom stereocenters. The fraction of sp³-hybridized carbons (Fsp3) is 0.261. The van der Waals surface area contributed by atoms with Gasteiger partial charge >= 0.3 is 0 Å². The molecule has 3 nitrogen and oxygen atoms in total. The van der Waals surface area contributed by atoms with Crippen LogP contribution in [0.25, 0.3) is 12.2 Å². The third-order valence-electron chi connectivity index (χ3n) is 4.68. The van der Waals surface area contributed by atoms with Gasteiger partial charge in [-0.05, 0) is 66.8 Å². The first-order valence-corrected chi connectivity index (χ1v) is 8.94. The first-order chi connectivity index (χ1) is 12.6. The lowest BCUT2D eigenvalue weighted by Gasteiger charge is -2.17. The summed E-state index contributed by atoms with van der Waals surface area (Å²) in [6.45, 7) is 0. The summed E-state index contributed by atoms with van der Waals surface area (Å²) in [7, 11) is 5.70. The molecule has 2 aromatic rings. The van der Waals surface area contributed by atoms with E-state index in [2.05, 4.69) is 29.2 Å². The monoisotopic (exact) mass is 347 g/mol. The molecule has 2 aromatic carbocycles. The van der Waals surface area contributed by atoms with Gasteiger partial charge in [-0.15, -0.1) is 0 Å². The zero-order valence-corrected chi connectivity index (χ0v) is 15.7. The maximum absolute atomic E-state index is 12.9. The van der Waals surface area contributed by atoms with Gasteiger partial charge in [0.05, 0.1) is 7.11 Å². The van der Waals surface area contributed by atoms with E-state index in [1.807, 2.05) is 50.5 Å². The number of carbonyl (C=O) groups excluding carboxylic acids is 1. The highest BCUT2D eigenvalue weighted by atomic mass is 16.5. The number of nitrogens with zero attached hydrogens (tertiary/aromatic N) is 1. The molecule has 3 rings (SSSR count). The summed E-state index contributed by atoms with van der Waals surface area (Å²) in [4.78, 5) is 14.9. The Bertz CT molecular complexity index is 828. The molecular weight excluding hydrogens is 322 g/mol. The molecule has 1 aliphatic rings. The van der Waals surface area contributed by atoms with E-state index in [0.717, 1.165) is 53.0 Å². The predicted octanol–water partition coefficient (Wildman–Crippen LogP) is 4.98. The Morgan fingerprint density at radius 2 is 1.35 bits per heavy atom. The van der Waals surface area contributed by atoms with Crippen molar-refractivity contribution < 1.29 is 9.53 Å². The number of ketones is 1. The van der Waals surface area contributed by atoms with Gasteiger partial charge in [0.1, 0.15) is 5.75 Å². The van der Waals surface area contributed by atoms with Crippen molar-refractivity contribution in [3.63, 3.8) is 0 Å². The number of ether oxygens (including phenoxy) is 1. The molecule has 0 N–H and O–H groups in total. The maximum Gasteiger partial charge on any atom is 0.185 e. The molecule has 0 heterocycles. The van der Waals surface area contributed by atoms with Crippen LogP contribution >= 0.6 is 0 Å². The van der Waals surface area contributed by atoms with Crippen molar-refractivity contribution in [3.8, 4) is 5.75 Å². The summed E-state index contributed by atoms with van der Waals surface area (Å²) < 4.78 is 5.19. The van der Waals surface area contributed by atoms with Crippen LogP contribution in [0.3, 0.4) is 0 Å². The molecule has 3 heteroatoms. The quantitative estimate of drug-likeness (QED) is 0.731. The summed E-state index contributed by atoms with van der Waals surface area (Å²) >= 11 is 0. The first kappa shape index (κ1) is 18.0. The number of Topliss-reactive ketones (excluding diaryl/α,β-unsaturated/α-hetero) is 1. The second-order valence-corrected chi connectivity index (χ2v) is 6.78. The zero-order valence-electron chi connectivity index (χ0n) is 15.7. The van der Waals surface area contributed by atoms with Crippen LogP contribution in [0.5, 0.6) is 5.75 Å². The van der Waals surface area contributed by atoms with Crippen LogP contribution in [0, 0.1) is 0 Å². The van der Waals surface area contributed by atoms with Crippen LogP contribution in [0.4, 0.5) is 5.69 Å². The molecule has 0 aromatic heterocycles. The van der Waals surface area contributed by atoms with E-state index in [-0.39, 0.29) is 5.78 Å². The molecule has 134 valence electrons. The van der Waals surface area contributed by atoms with E-state index in [1.165, 1.54) is 0 Å². The van der Waals surface area contributed by atoms with Crippen LogP contribution in [-0.4, -0.2) is 27.0 Å². The minimum absolute atomic E-state index is 0.170. The van der Waals surface area contributed by atoms with Crippen LogP contribution in [0.2, 0.25) is 0 Å². The van der Waals surface area contributed by atoms with Gasteiger partial charge in [-0.2, -0.15) is 0 Å². The second kappa shape index (κ2) is 8.05. The smallest absolute Gasteiger partial charge is 0.185 e. The normalized spacial score (nSPS) is 17.6. The van der Waals surface area contributed by atoms with Crippen molar-refractivity contribution in [2.75, 3.05) is 26.1 Å². The van der Waals surface area contributed by atoms with Gasteiger partial charge in [0.15, 0.2) is 5.78 Å². The standard InChI is InChI=1S/C23H25NO2/c1-24(2)21-11-7-17(8-12-21)15-19-5-4-6-20(23(19)25)16-18-9-13-22(26-3)14-10-18/h7-16H,4-6H2,1-3H3/b19-15+,20-16?. The zero-order chi connectivity index (χ0) is 18.5. The van der Waals surface area contributed by atoms with Gasteiger partial charge in [0.25, 0.3) is 0 Å². The largest absolute Gasteiger partial charge is 0.497 e. The molecule has 0 bridgehead atoms. The average Bonchev–Trinajstić information content (AvgIpc) is 2.66. The van der Waals surface area contributed by atoms with Gasteiger partial charge < -0.3 is 9.64 Å².